The molecular weight excluding hydrogens is 246 g/mol. The van der Waals surface area contributed by atoms with E-state index in [-0.39, 0.29) is 6.61 Å². The molecule has 1 atom stereocenters. The summed E-state index contributed by atoms with van der Waals surface area (Å²) >= 11 is 0. The molecule has 106 valence electrons. The average molecular weight is 270 g/mol. The third-order valence-electron chi connectivity index (χ3n) is 3.71. The minimum absolute atomic E-state index is 0.229. The van der Waals surface area contributed by atoms with Gasteiger partial charge in [-0.05, 0) is 19.4 Å². The van der Waals surface area contributed by atoms with Crippen LogP contribution >= 0.6 is 0 Å². The van der Waals surface area contributed by atoms with E-state index in [1.54, 1.807) is 0 Å². The van der Waals surface area contributed by atoms with Crippen LogP contribution in [0.3, 0.4) is 0 Å². The van der Waals surface area contributed by atoms with Gasteiger partial charge in [-0.1, -0.05) is 54.1 Å². The fourth-order valence-electron chi connectivity index (χ4n) is 2.54. The van der Waals surface area contributed by atoms with Gasteiger partial charge < -0.3 is 10.0 Å². The molecule has 2 heteroatoms. The largest absolute Gasteiger partial charge is 0.391 e. The molecule has 0 radical (unpaired) electrons. The van der Waals surface area contributed by atoms with Crippen LogP contribution in [0.25, 0.3) is 0 Å². The van der Waals surface area contributed by atoms with Crippen molar-refractivity contribution in [2.24, 2.45) is 0 Å². The van der Waals surface area contributed by atoms with E-state index in [0.717, 1.165) is 19.6 Å². The van der Waals surface area contributed by atoms with Crippen LogP contribution in [-0.2, 0) is 13.1 Å². The van der Waals surface area contributed by atoms with E-state index in [1.807, 2.05) is 6.07 Å². The summed E-state index contributed by atoms with van der Waals surface area (Å²) in [5.74, 6) is 0. The molecule has 2 N–H and O–H groups in total. The van der Waals surface area contributed by atoms with Gasteiger partial charge in [0, 0.05) is 11.1 Å². The second-order valence-electron chi connectivity index (χ2n) is 5.49. The Hall–Kier alpha value is -1.64. The van der Waals surface area contributed by atoms with E-state index < -0.39 is 0 Å². The molecule has 0 saturated carbocycles. The van der Waals surface area contributed by atoms with Crippen molar-refractivity contribution < 1.29 is 10.0 Å². The van der Waals surface area contributed by atoms with E-state index in [9.17, 15) is 5.11 Å². The molecule has 20 heavy (non-hydrogen) atoms. The molecule has 0 fully saturated rings. The third kappa shape index (κ3) is 4.19. The zero-order valence-electron chi connectivity index (χ0n) is 12.4. The van der Waals surface area contributed by atoms with Gasteiger partial charge in [-0.15, -0.1) is 0 Å². The Labute approximate surface area is 121 Å². The van der Waals surface area contributed by atoms with Crippen molar-refractivity contribution in [1.82, 2.24) is 0 Å². The summed E-state index contributed by atoms with van der Waals surface area (Å²) in [4.78, 5) is 1.40. The van der Waals surface area contributed by atoms with Gasteiger partial charge in [0.05, 0.1) is 6.61 Å². The van der Waals surface area contributed by atoms with Gasteiger partial charge in [0.15, 0.2) is 0 Å². The summed E-state index contributed by atoms with van der Waals surface area (Å²) in [6.45, 7) is 7.22. The van der Waals surface area contributed by atoms with Gasteiger partial charge in [0.2, 0.25) is 0 Å². The molecule has 0 aliphatic heterocycles. The van der Waals surface area contributed by atoms with E-state index in [4.69, 9.17) is 0 Å². The van der Waals surface area contributed by atoms with Crippen LogP contribution in [0.2, 0.25) is 0 Å². The number of quaternary nitrogens is 1. The number of aliphatic hydroxyl groups is 1. The Balaban J connectivity index is 2.11. The van der Waals surface area contributed by atoms with Crippen molar-refractivity contribution in [3.8, 4) is 0 Å². The molecule has 0 aliphatic carbocycles. The first kappa shape index (κ1) is 14.8. The maximum absolute atomic E-state index is 9.30. The molecule has 2 aromatic carbocycles. The van der Waals surface area contributed by atoms with Crippen molar-refractivity contribution in [2.75, 3.05) is 13.2 Å². The van der Waals surface area contributed by atoms with Crippen LogP contribution < -0.4 is 4.90 Å². The topological polar surface area (TPSA) is 24.7 Å². The van der Waals surface area contributed by atoms with Gasteiger partial charge in [0.1, 0.15) is 19.6 Å². The number of hydrogen-bond acceptors (Lipinski definition) is 1. The fraction of sp³-hybridized carbons (Fsp3) is 0.333. The highest BCUT2D eigenvalue weighted by Crippen LogP contribution is 2.09. The van der Waals surface area contributed by atoms with Crippen LogP contribution in [-0.4, -0.2) is 18.3 Å². The normalized spacial score (nSPS) is 12.3. The molecule has 0 saturated heterocycles. The molecule has 2 aromatic rings. The Morgan fingerprint density at radius 1 is 0.950 bits per heavy atom. The molecule has 0 heterocycles. The van der Waals surface area contributed by atoms with Crippen LogP contribution in [0.5, 0.6) is 0 Å². The van der Waals surface area contributed by atoms with E-state index >= 15 is 0 Å². The summed E-state index contributed by atoms with van der Waals surface area (Å²) in [7, 11) is 0. The number of nitrogens with one attached hydrogen (secondary N) is 1. The first-order valence-electron chi connectivity index (χ1n) is 7.23. The van der Waals surface area contributed by atoms with Crippen LogP contribution in [0.1, 0.15) is 22.3 Å². The van der Waals surface area contributed by atoms with Crippen LogP contribution in [0, 0.1) is 13.8 Å². The molecular formula is C18H24NO+. The Morgan fingerprint density at radius 2 is 1.70 bits per heavy atom. The summed E-state index contributed by atoms with van der Waals surface area (Å²) in [5, 5.41) is 9.30. The number of rotatable bonds is 6. The molecule has 2 rings (SSSR count). The zero-order chi connectivity index (χ0) is 14.4. The molecule has 0 aliphatic rings. The quantitative estimate of drug-likeness (QED) is 0.823. The number of aryl methyl sites for hydroxylation is 2. The first-order valence-corrected chi connectivity index (χ1v) is 7.23. The lowest BCUT2D eigenvalue weighted by Crippen LogP contribution is -3.09. The predicted molar refractivity (Wildman–Crippen MR) is 82.7 cm³/mol. The SMILES string of the molecule is Cc1ccc(C)c(C[NH+](CCO)Cc2ccccc2)c1. The number of benzene rings is 2. The number of hydrogen-bond donors (Lipinski definition) is 2. The minimum Gasteiger partial charge on any atom is -0.391 e. The minimum atomic E-state index is 0.229. The number of aliphatic hydroxyl groups excluding tert-OH is 1. The molecule has 2 nitrogen and oxygen atoms in total. The van der Waals surface area contributed by atoms with Gasteiger partial charge >= 0.3 is 0 Å². The summed E-state index contributed by atoms with van der Waals surface area (Å²) < 4.78 is 0. The highest BCUT2D eigenvalue weighted by Gasteiger charge is 2.11. The van der Waals surface area contributed by atoms with E-state index in [0.29, 0.717) is 0 Å². The van der Waals surface area contributed by atoms with E-state index in [2.05, 4.69) is 56.3 Å². The Kier molecular flexibility index (Phi) is 5.33. The zero-order valence-corrected chi connectivity index (χ0v) is 12.4. The lowest BCUT2D eigenvalue weighted by Gasteiger charge is -2.20. The first-order chi connectivity index (χ1) is 9.69. The van der Waals surface area contributed by atoms with E-state index in [1.165, 1.54) is 27.2 Å². The smallest absolute Gasteiger partial charge is 0.103 e. The van der Waals surface area contributed by atoms with Crippen molar-refractivity contribution in [3.63, 3.8) is 0 Å². The average Bonchev–Trinajstić information content (AvgIpc) is 2.44. The van der Waals surface area contributed by atoms with Gasteiger partial charge in [-0.3, -0.25) is 0 Å². The second kappa shape index (κ2) is 7.22. The second-order valence-corrected chi connectivity index (χ2v) is 5.49. The highest BCUT2D eigenvalue weighted by molar-refractivity contribution is 5.29. The highest BCUT2D eigenvalue weighted by atomic mass is 16.3. The van der Waals surface area contributed by atoms with Gasteiger partial charge in [-0.25, -0.2) is 0 Å². The molecule has 1 unspecified atom stereocenters. The van der Waals surface area contributed by atoms with Gasteiger partial charge in [0.25, 0.3) is 0 Å². The Morgan fingerprint density at radius 3 is 2.40 bits per heavy atom. The molecule has 0 bridgehead atoms. The van der Waals surface area contributed by atoms with Crippen molar-refractivity contribution in [2.45, 2.75) is 26.9 Å². The summed E-state index contributed by atoms with van der Waals surface area (Å²) in [6.07, 6.45) is 0. The van der Waals surface area contributed by atoms with Gasteiger partial charge in [-0.2, -0.15) is 0 Å². The van der Waals surface area contributed by atoms with Crippen LogP contribution in [0.4, 0.5) is 0 Å². The van der Waals surface area contributed by atoms with Crippen molar-refractivity contribution >= 4 is 0 Å². The molecule has 0 spiro atoms. The molecule has 0 amide bonds. The maximum atomic E-state index is 9.30. The monoisotopic (exact) mass is 270 g/mol. The fourth-order valence-corrected chi connectivity index (χ4v) is 2.54. The Bertz CT molecular complexity index is 536. The van der Waals surface area contributed by atoms with Crippen molar-refractivity contribution in [3.05, 3.63) is 70.8 Å². The third-order valence-corrected chi connectivity index (χ3v) is 3.71. The predicted octanol–water partition coefficient (Wildman–Crippen LogP) is 1.88. The summed E-state index contributed by atoms with van der Waals surface area (Å²) in [6, 6.07) is 17.1. The lowest BCUT2D eigenvalue weighted by atomic mass is 10.0. The van der Waals surface area contributed by atoms with Crippen LogP contribution in [0.15, 0.2) is 48.5 Å². The molecule has 0 aromatic heterocycles. The maximum Gasteiger partial charge on any atom is 0.103 e. The summed E-state index contributed by atoms with van der Waals surface area (Å²) in [5.41, 5.74) is 5.33. The van der Waals surface area contributed by atoms with Crippen molar-refractivity contribution in [1.29, 1.82) is 0 Å². The lowest BCUT2D eigenvalue weighted by molar-refractivity contribution is -0.927. The standard InChI is InChI=1S/C18H23NO/c1-15-8-9-16(2)18(12-15)14-19(10-11-20)13-17-6-4-3-5-7-17/h3-9,12,20H,10-11,13-14H2,1-2H3/p+1.